The van der Waals surface area contributed by atoms with Crippen LogP contribution in [-0.2, 0) is 4.79 Å². The van der Waals surface area contributed by atoms with Gasteiger partial charge in [-0.3, -0.25) is 4.79 Å². The molecule has 90 valence electrons. The van der Waals surface area contributed by atoms with E-state index in [1.807, 2.05) is 6.92 Å². The van der Waals surface area contributed by atoms with Crippen molar-refractivity contribution in [3.63, 3.8) is 0 Å². The van der Waals surface area contributed by atoms with E-state index in [1.165, 1.54) is 16.2 Å². The number of nitrogens with two attached hydrogens (primary N) is 1. The highest BCUT2D eigenvalue weighted by Crippen LogP contribution is 2.34. The summed E-state index contributed by atoms with van der Waals surface area (Å²) in [4.78, 5) is 19.1. The van der Waals surface area contributed by atoms with Crippen molar-refractivity contribution in [3.8, 4) is 10.6 Å². The predicted octanol–water partition coefficient (Wildman–Crippen LogP) is 2.39. The summed E-state index contributed by atoms with van der Waals surface area (Å²) >= 11 is 3.17. The average Bonchev–Trinajstić information content (AvgIpc) is 2.85. The lowest BCUT2D eigenvalue weighted by molar-refractivity contribution is -0.114. The largest absolute Gasteiger partial charge is 0.322 e. The first-order valence-corrected chi connectivity index (χ1v) is 6.77. The summed E-state index contributed by atoms with van der Waals surface area (Å²) in [6, 6.07) is 4.12. The van der Waals surface area contributed by atoms with E-state index in [2.05, 4.69) is 29.4 Å². The van der Waals surface area contributed by atoms with Crippen LogP contribution in [0.1, 0.15) is 9.75 Å². The smallest absolute Gasteiger partial charge is 0.239 e. The van der Waals surface area contributed by atoms with E-state index >= 15 is 0 Å². The van der Waals surface area contributed by atoms with Gasteiger partial charge in [-0.1, -0.05) is 0 Å². The number of amides is 1. The van der Waals surface area contributed by atoms with Crippen molar-refractivity contribution < 1.29 is 4.79 Å². The first-order chi connectivity index (χ1) is 8.10. The number of hydrogen-bond acceptors (Lipinski definition) is 5. The molecular formula is C11H13N3OS2. The Morgan fingerprint density at radius 3 is 2.76 bits per heavy atom. The summed E-state index contributed by atoms with van der Waals surface area (Å²) in [6.45, 7) is 4.04. The first-order valence-electron chi connectivity index (χ1n) is 5.14. The minimum atomic E-state index is -0.215. The molecule has 0 spiro atoms. The average molecular weight is 267 g/mol. The van der Waals surface area contributed by atoms with Gasteiger partial charge in [-0.15, -0.1) is 22.7 Å². The summed E-state index contributed by atoms with van der Waals surface area (Å²) in [6.07, 6.45) is 0. The lowest BCUT2D eigenvalue weighted by Gasteiger charge is -1.96. The van der Waals surface area contributed by atoms with E-state index in [0.29, 0.717) is 5.13 Å². The molecule has 4 nitrogen and oxygen atoms in total. The van der Waals surface area contributed by atoms with Crippen LogP contribution in [-0.4, -0.2) is 17.4 Å². The SMILES string of the molecule is Cc1ccc(-c2nc(NC(=O)CN)sc2C)s1. The maximum atomic E-state index is 11.2. The highest BCUT2D eigenvalue weighted by atomic mass is 32.1. The normalized spacial score (nSPS) is 10.5. The molecule has 17 heavy (non-hydrogen) atoms. The zero-order valence-electron chi connectivity index (χ0n) is 9.61. The van der Waals surface area contributed by atoms with Gasteiger partial charge in [0.15, 0.2) is 5.13 Å². The molecule has 0 atom stereocenters. The van der Waals surface area contributed by atoms with Crippen molar-refractivity contribution in [2.75, 3.05) is 11.9 Å². The predicted molar refractivity (Wildman–Crippen MR) is 72.6 cm³/mol. The maximum absolute atomic E-state index is 11.2. The summed E-state index contributed by atoms with van der Waals surface area (Å²) in [5.74, 6) is -0.215. The topological polar surface area (TPSA) is 68.0 Å². The Labute approximate surface area is 107 Å². The number of thiazole rings is 1. The van der Waals surface area contributed by atoms with Gasteiger partial charge in [0.1, 0.15) is 0 Å². The van der Waals surface area contributed by atoms with Crippen LogP contribution in [0.3, 0.4) is 0 Å². The standard InChI is InChI=1S/C11H13N3OS2/c1-6-3-4-8(16-6)10-7(2)17-11(14-10)13-9(15)5-12/h3-4H,5,12H2,1-2H3,(H,13,14,15). The van der Waals surface area contributed by atoms with Crippen molar-refractivity contribution in [1.82, 2.24) is 4.98 Å². The molecule has 6 heteroatoms. The second-order valence-electron chi connectivity index (χ2n) is 3.59. The molecule has 0 saturated heterocycles. The van der Waals surface area contributed by atoms with E-state index in [9.17, 15) is 4.79 Å². The highest BCUT2D eigenvalue weighted by molar-refractivity contribution is 7.18. The minimum absolute atomic E-state index is 0.0218. The molecular weight excluding hydrogens is 254 g/mol. The Balaban J connectivity index is 2.28. The molecule has 0 unspecified atom stereocenters. The number of hydrogen-bond donors (Lipinski definition) is 2. The van der Waals surface area contributed by atoms with Crippen molar-refractivity contribution in [2.45, 2.75) is 13.8 Å². The van der Waals surface area contributed by atoms with Crippen molar-refractivity contribution in [1.29, 1.82) is 0 Å². The van der Waals surface area contributed by atoms with Crippen LogP contribution < -0.4 is 11.1 Å². The van der Waals surface area contributed by atoms with Gasteiger partial charge in [-0.25, -0.2) is 4.98 Å². The number of carbonyl (C=O) groups excluding carboxylic acids is 1. The quantitative estimate of drug-likeness (QED) is 0.897. The second kappa shape index (κ2) is 4.95. The van der Waals surface area contributed by atoms with Gasteiger partial charge < -0.3 is 11.1 Å². The molecule has 2 aromatic heterocycles. The zero-order valence-corrected chi connectivity index (χ0v) is 11.2. The molecule has 3 N–H and O–H groups in total. The molecule has 0 aliphatic carbocycles. The van der Waals surface area contributed by atoms with Crippen molar-refractivity contribution in [2.24, 2.45) is 5.73 Å². The Bertz CT molecular complexity index is 545. The third kappa shape index (κ3) is 2.71. The second-order valence-corrected chi connectivity index (χ2v) is 6.08. The van der Waals surface area contributed by atoms with Crippen LogP contribution in [0.15, 0.2) is 12.1 Å². The van der Waals surface area contributed by atoms with Gasteiger partial charge >= 0.3 is 0 Å². The minimum Gasteiger partial charge on any atom is -0.322 e. The van der Waals surface area contributed by atoms with Crippen LogP contribution in [0.25, 0.3) is 10.6 Å². The molecule has 1 amide bonds. The molecule has 2 aromatic rings. The van der Waals surface area contributed by atoms with Gasteiger partial charge in [0.2, 0.25) is 5.91 Å². The molecule has 0 saturated carbocycles. The van der Waals surface area contributed by atoms with Crippen molar-refractivity contribution >= 4 is 33.7 Å². The number of aryl methyl sites for hydroxylation is 2. The van der Waals surface area contributed by atoms with Gasteiger partial charge in [0, 0.05) is 9.75 Å². The van der Waals surface area contributed by atoms with Gasteiger partial charge in [0.25, 0.3) is 0 Å². The fraction of sp³-hybridized carbons (Fsp3) is 0.273. The molecule has 0 bridgehead atoms. The molecule has 0 fully saturated rings. The zero-order chi connectivity index (χ0) is 12.4. The number of nitrogens with zero attached hydrogens (tertiary/aromatic N) is 1. The van der Waals surface area contributed by atoms with Gasteiger partial charge in [-0.05, 0) is 26.0 Å². The molecule has 2 rings (SSSR count). The van der Waals surface area contributed by atoms with Crippen LogP contribution in [0, 0.1) is 13.8 Å². The van der Waals surface area contributed by atoms with E-state index in [0.717, 1.165) is 15.4 Å². The molecule has 0 aliphatic heterocycles. The number of aromatic nitrogens is 1. The van der Waals surface area contributed by atoms with Gasteiger partial charge in [-0.2, -0.15) is 0 Å². The number of nitrogens with one attached hydrogen (secondary N) is 1. The van der Waals surface area contributed by atoms with Crippen LogP contribution in [0.2, 0.25) is 0 Å². The number of anilines is 1. The summed E-state index contributed by atoms with van der Waals surface area (Å²) in [7, 11) is 0. The maximum Gasteiger partial charge on any atom is 0.239 e. The van der Waals surface area contributed by atoms with Crippen LogP contribution in [0.5, 0.6) is 0 Å². The highest BCUT2D eigenvalue weighted by Gasteiger charge is 2.12. The summed E-state index contributed by atoms with van der Waals surface area (Å²) < 4.78 is 0. The molecule has 0 aromatic carbocycles. The fourth-order valence-electron chi connectivity index (χ4n) is 1.41. The summed E-state index contributed by atoms with van der Waals surface area (Å²) in [5.41, 5.74) is 6.19. The number of rotatable bonds is 3. The third-order valence-electron chi connectivity index (χ3n) is 2.20. The lowest BCUT2D eigenvalue weighted by atomic mass is 10.3. The third-order valence-corrected chi connectivity index (χ3v) is 4.10. The van der Waals surface area contributed by atoms with E-state index in [-0.39, 0.29) is 12.5 Å². The molecule has 0 radical (unpaired) electrons. The Morgan fingerprint density at radius 2 is 2.18 bits per heavy atom. The Kier molecular flexibility index (Phi) is 3.56. The Hall–Kier alpha value is -1.24. The number of carbonyl (C=O) groups is 1. The lowest BCUT2D eigenvalue weighted by Crippen LogP contribution is -2.21. The van der Waals surface area contributed by atoms with E-state index in [4.69, 9.17) is 5.73 Å². The Morgan fingerprint density at radius 1 is 1.41 bits per heavy atom. The fourth-order valence-corrected chi connectivity index (χ4v) is 3.23. The molecule has 0 aliphatic rings. The van der Waals surface area contributed by atoms with Crippen molar-refractivity contribution in [3.05, 3.63) is 21.9 Å². The number of thiophene rings is 1. The summed E-state index contributed by atoms with van der Waals surface area (Å²) in [5, 5.41) is 3.29. The van der Waals surface area contributed by atoms with E-state index in [1.54, 1.807) is 11.3 Å². The van der Waals surface area contributed by atoms with E-state index < -0.39 is 0 Å². The van der Waals surface area contributed by atoms with Crippen LogP contribution in [0.4, 0.5) is 5.13 Å². The first kappa shape index (κ1) is 12.2. The van der Waals surface area contributed by atoms with Crippen LogP contribution >= 0.6 is 22.7 Å². The molecule has 2 heterocycles. The monoisotopic (exact) mass is 267 g/mol. The van der Waals surface area contributed by atoms with Gasteiger partial charge in [0.05, 0.1) is 17.1 Å².